The molecule has 1 aromatic carbocycles. The van der Waals surface area contributed by atoms with E-state index in [0.29, 0.717) is 46.3 Å². The fraction of sp³-hybridized carbons (Fsp3) is 0.308. The van der Waals surface area contributed by atoms with Crippen molar-refractivity contribution in [3.8, 4) is 17.0 Å². The van der Waals surface area contributed by atoms with Crippen molar-refractivity contribution in [2.75, 3.05) is 12.4 Å². The van der Waals surface area contributed by atoms with Gasteiger partial charge in [0.2, 0.25) is 0 Å². The molecule has 37 heavy (non-hydrogen) atoms. The number of aryl methyl sites for hydroxylation is 3. The molecule has 0 amide bonds. The highest BCUT2D eigenvalue weighted by Crippen LogP contribution is 2.41. The summed E-state index contributed by atoms with van der Waals surface area (Å²) in [6, 6.07) is 9.51. The van der Waals surface area contributed by atoms with E-state index in [1.807, 2.05) is 24.3 Å². The maximum atomic E-state index is 13.6. The van der Waals surface area contributed by atoms with Gasteiger partial charge in [0.15, 0.2) is 5.75 Å². The number of nitrogens with zero attached hydrogens (tertiary/aromatic N) is 7. The Morgan fingerprint density at radius 2 is 1.97 bits per heavy atom. The van der Waals surface area contributed by atoms with Gasteiger partial charge in [0.1, 0.15) is 11.4 Å². The van der Waals surface area contributed by atoms with Crippen LogP contribution in [0.4, 0.5) is 25.8 Å². The zero-order valence-electron chi connectivity index (χ0n) is 20.4. The van der Waals surface area contributed by atoms with E-state index in [9.17, 15) is 8.78 Å². The predicted molar refractivity (Wildman–Crippen MR) is 134 cm³/mol. The highest BCUT2D eigenvalue weighted by Gasteiger charge is 2.27. The number of fused-ring (bicyclic) bond motifs is 2. The summed E-state index contributed by atoms with van der Waals surface area (Å²) < 4.78 is 32.9. The first-order chi connectivity index (χ1) is 18.0. The molecule has 3 aromatic heterocycles. The van der Waals surface area contributed by atoms with Crippen LogP contribution in [0.1, 0.15) is 34.8 Å². The van der Waals surface area contributed by atoms with E-state index in [2.05, 4.69) is 41.8 Å². The molecule has 0 atom stereocenters. The molecular weight excluding hydrogens is 478 g/mol. The van der Waals surface area contributed by atoms with Gasteiger partial charge in [-0.2, -0.15) is 25.2 Å². The highest BCUT2D eigenvalue weighted by atomic mass is 19.3. The van der Waals surface area contributed by atoms with Gasteiger partial charge in [-0.3, -0.25) is 4.98 Å². The number of methoxy groups -OCH3 is 1. The lowest BCUT2D eigenvalue weighted by Crippen LogP contribution is -2.10. The Morgan fingerprint density at radius 1 is 1.08 bits per heavy atom. The van der Waals surface area contributed by atoms with Crippen molar-refractivity contribution in [3.05, 3.63) is 64.9 Å². The van der Waals surface area contributed by atoms with Crippen LogP contribution in [-0.4, -0.2) is 49.4 Å². The number of alkyl halides is 2. The molecule has 9 nitrogen and oxygen atoms in total. The highest BCUT2D eigenvalue weighted by molar-refractivity contribution is 5.98. The van der Waals surface area contributed by atoms with E-state index in [1.54, 1.807) is 20.4 Å². The molecule has 0 radical (unpaired) electrons. The zero-order valence-corrected chi connectivity index (χ0v) is 20.4. The number of ether oxygens (including phenoxy) is 1. The third-order valence-electron chi connectivity index (χ3n) is 6.57. The van der Waals surface area contributed by atoms with E-state index >= 15 is 0 Å². The number of pyridine rings is 1. The Hall–Kier alpha value is -4.28. The number of aliphatic imine (C=N–C) groups is 1. The van der Waals surface area contributed by atoms with Gasteiger partial charge in [0, 0.05) is 31.1 Å². The maximum Gasteiger partial charge on any atom is 0.277 e. The van der Waals surface area contributed by atoms with Crippen LogP contribution < -0.4 is 10.1 Å². The monoisotopic (exact) mass is 502 g/mol. The Balaban J connectivity index is 1.39. The van der Waals surface area contributed by atoms with Crippen LogP contribution in [0.15, 0.2) is 41.5 Å². The summed E-state index contributed by atoms with van der Waals surface area (Å²) in [5, 5.41) is 20.6. The molecule has 11 heteroatoms. The van der Waals surface area contributed by atoms with Gasteiger partial charge >= 0.3 is 0 Å². The molecule has 0 bridgehead atoms. The number of hydrogen-bond donors (Lipinski definition) is 1. The second kappa shape index (κ2) is 9.30. The van der Waals surface area contributed by atoms with Gasteiger partial charge in [-0.1, -0.05) is 6.07 Å². The van der Waals surface area contributed by atoms with Crippen LogP contribution in [0.3, 0.4) is 0 Å². The van der Waals surface area contributed by atoms with Gasteiger partial charge < -0.3 is 10.1 Å². The van der Waals surface area contributed by atoms with Crippen LogP contribution in [0, 0.1) is 0 Å². The summed E-state index contributed by atoms with van der Waals surface area (Å²) >= 11 is 0. The molecule has 188 valence electrons. The number of halogens is 2. The van der Waals surface area contributed by atoms with Crippen LogP contribution >= 0.6 is 0 Å². The average Bonchev–Trinajstić information content (AvgIpc) is 3.63. The Morgan fingerprint density at radius 3 is 2.76 bits per heavy atom. The molecule has 0 saturated heterocycles. The van der Waals surface area contributed by atoms with E-state index in [1.165, 1.54) is 10.4 Å². The van der Waals surface area contributed by atoms with Crippen LogP contribution in [0.2, 0.25) is 0 Å². The second-order valence-electron chi connectivity index (χ2n) is 9.11. The maximum absolute atomic E-state index is 13.6. The van der Waals surface area contributed by atoms with Crippen molar-refractivity contribution in [3.63, 3.8) is 0 Å². The first kappa shape index (κ1) is 23.1. The number of hydrogen-bond acceptors (Lipinski definition) is 8. The van der Waals surface area contributed by atoms with Gasteiger partial charge in [-0.25, -0.2) is 13.8 Å². The van der Waals surface area contributed by atoms with Crippen molar-refractivity contribution in [1.29, 1.82) is 0 Å². The largest absolute Gasteiger partial charge is 0.494 e. The predicted octanol–water partition coefficient (Wildman–Crippen LogP) is 4.39. The fourth-order valence-electron chi connectivity index (χ4n) is 4.88. The minimum atomic E-state index is -2.65. The summed E-state index contributed by atoms with van der Waals surface area (Å²) in [6.07, 6.45) is 2.48. The van der Waals surface area contributed by atoms with Crippen LogP contribution in [0.5, 0.6) is 5.75 Å². The molecule has 1 aliphatic carbocycles. The molecule has 1 aliphatic heterocycles. The number of para-hydroxylation sites is 1. The molecule has 0 unspecified atom stereocenters. The molecule has 1 N–H and O–H groups in total. The quantitative estimate of drug-likeness (QED) is 0.400. The number of nitrogens with one attached hydrogen (secondary N) is 1. The third-order valence-corrected chi connectivity index (χ3v) is 6.57. The molecule has 4 aromatic rings. The van der Waals surface area contributed by atoms with E-state index in [-0.39, 0.29) is 12.1 Å². The number of rotatable bonds is 7. The number of aromatic nitrogens is 6. The minimum Gasteiger partial charge on any atom is -0.494 e. The first-order valence-corrected chi connectivity index (χ1v) is 12.0. The Kier molecular flexibility index (Phi) is 5.82. The molecule has 4 heterocycles. The van der Waals surface area contributed by atoms with Gasteiger partial charge in [-0.15, -0.1) is 0 Å². The second-order valence-corrected chi connectivity index (χ2v) is 9.11. The summed E-state index contributed by atoms with van der Waals surface area (Å²) in [6.45, 7) is 0. The lowest BCUT2D eigenvalue weighted by molar-refractivity contribution is 0.224. The van der Waals surface area contributed by atoms with E-state index in [0.717, 1.165) is 36.2 Å². The van der Waals surface area contributed by atoms with Crippen molar-refractivity contribution in [2.45, 2.75) is 38.5 Å². The summed E-state index contributed by atoms with van der Waals surface area (Å²) in [5.74, 6) is 0.552. The van der Waals surface area contributed by atoms with Gasteiger partial charge in [0.05, 0.1) is 47.5 Å². The number of anilines is 2. The van der Waals surface area contributed by atoms with Gasteiger partial charge in [-0.05, 0) is 49.1 Å². The van der Waals surface area contributed by atoms with Gasteiger partial charge in [0.25, 0.3) is 6.43 Å². The molecule has 6 rings (SSSR count). The van der Waals surface area contributed by atoms with Crippen molar-refractivity contribution >= 4 is 22.8 Å². The average molecular weight is 503 g/mol. The molecule has 0 saturated carbocycles. The smallest absolute Gasteiger partial charge is 0.277 e. The molecule has 0 fully saturated rings. The molecular formula is C26H24F2N8O. The SMILES string of the molecule is COc1c(Nc2cc(Cc3cc4c(nn3)CCC4)nc3c2N=C(C(F)F)C3)cccc1-c1cnn(C)n1. The lowest BCUT2D eigenvalue weighted by atomic mass is 10.1. The summed E-state index contributed by atoms with van der Waals surface area (Å²) in [7, 11) is 3.31. The minimum absolute atomic E-state index is 0.00215. The lowest BCUT2D eigenvalue weighted by Gasteiger charge is -2.16. The van der Waals surface area contributed by atoms with Crippen molar-refractivity contribution < 1.29 is 13.5 Å². The van der Waals surface area contributed by atoms with Crippen molar-refractivity contribution in [2.24, 2.45) is 12.0 Å². The normalized spacial score (nSPS) is 14.0. The fourth-order valence-corrected chi connectivity index (χ4v) is 4.88. The summed E-state index contributed by atoms with van der Waals surface area (Å²) in [4.78, 5) is 10.4. The Labute approximate surface area is 211 Å². The zero-order chi connectivity index (χ0) is 25.5. The summed E-state index contributed by atoms with van der Waals surface area (Å²) in [5.41, 5.74) is 7.10. The standard InChI is InChI=1S/C26H24F2N8O/c1-36-29-13-23(35-36)17-6-4-8-19(25(17)37-2)31-20-11-15(30-21-12-22(26(27)28)32-24(20)21)10-16-9-14-5-3-7-18(14)34-33-16/h4,6,8-9,11,13,26H,3,5,7,10,12H2,1-2H3,(H,30,31). The Bertz CT molecular complexity index is 1530. The number of benzene rings is 1. The first-order valence-electron chi connectivity index (χ1n) is 12.0. The molecule has 0 spiro atoms. The van der Waals surface area contributed by atoms with Crippen LogP contribution in [0.25, 0.3) is 11.3 Å². The topological polar surface area (TPSA) is 103 Å². The molecule has 2 aliphatic rings. The van der Waals surface area contributed by atoms with E-state index in [4.69, 9.17) is 4.74 Å². The van der Waals surface area contributed by atoms with Crippen LogP contribution in [-0.2, 0) is 32.7 Å². The van der Waals surface area contributed by atoms with Crippen molar-refractivity contribution in [1.82, 2.24) is 30.2 Å². The van der Waals surface area contributed by atoms with E-state index < -0.39 is 6.43 Å². The third kappa shape index (κ3) is 4.41.